The molecule has 99 heavy (non-hydrogen) atoms. The smallest absolute Gasteiger partial charge is 0.109 e. The molecule has 0 amide bonds. The molecule has 6 aromatic carbocycles. The first kappa shape index (κ1) is 73.0. The summed E-state index contributed by atoms with van der Waals surface area (Å²) in [4.78, 5) is 34.0. The summed E-state index contributed by atoms with van der Waals surface area (Å²) in [6.45, 7) is 41.4. The number of nitrogens with zero attached hydrogens (tertiary/aromatic N) is 6. The summed E-state index contributed by atoms with van der Waals surface area (Å²) in [5, 5.41) is 1.59. The van der Waals surface area contributed by atoms with Crippen LogP contribution in [-0.4, -0.2) is 9.97 Å². The van der Waals surface area contributed by atoms with Gasteiger partial charge in [-0.25, -0.2) is 9.97 Å². The van der Waals surface area contributed by atoms with E-state index in [4.69, 9.17) is 53.1 Å². The van der Waals surface area contributed by atoms with Crippen LogP contribution < -0.4 is 19.9 Å². The molecule has 0 atom stereocenters. The van der Waals surface area contributed by atoms with Crippen LogP contribution in [0.3, 0.4) is 0 Å². The van der Waals surface area contributed by atoms with Gasteiger partial charge in [0.25, 0.3) is 0 Å². The van der Waals surface area contributed by atoms with E-state index in [2.05, 4.69) is 270 Å². The second-order valence-corrected chi connectivity index (χ2v) is 32.9. The zero-order valence-electron chi connectivity index (χ0n) is 60.7. The Bertz CT molecular complexity index is 4310. The normalized spacial score (nSPS) is 12.9. The first-order valence-corrected chi connectivity index (χ1v) is 34.9. The van der Waals surface area contributed by atoms with E-state index in [1.54, 1.807) is 0 Å². The van der Waals surface area contributed by atoms with E-state index in [-0.39, 0.29) is 49.0 Å². The van der Waals surface area contributed by atoms with Crippen LogP contribution in [0.15, 0.2) is 231 Å². The Balaban J connectivity index is 0.000000630. The Hall–Kier alpha value is -8.71. The maximum absolute atomic E-state index is 6.00. The Morgan fingerprint density at radius 1 is 0.263 bits per heavy atom. The van der Waals surface area contributed by atoms with Crippen LogP contribution >= 0.6 is 23.2 Å². The summed E-state index contributed by atoms with van der Waals surface area (Å²) in [7, 11) is 0. The minimum atomic E-state index is -0.163. The van der Waals surface area contributed by atoms with Gasteiger partial charge in [-0.2, -0.15) is 0 Å². The summed E-state index contributed by atoms with van der Waals surface area (Å²) in [6.07, 6.45) is 3.74. The summed E-state index contributed by atoms with van der Waals surface area (Å²) in [5.74, 6) is 3.69. The fourth-order valence-corrected chi connectivity index (χ4v) is 12.5. The van der Waals surface area contributed by atoms with Crippen LogP contribution in [0.1, 0.15) is 226 Å². The molecule has 0 spiro atoms. The molecular weight excluding hydrogens is 1290 g/mol. The largest absolute Gasteiger partial charge is 0.628 e. The molecule has 506 valence electrons. The topological polar surface area (TPSA) is 82.2 Å². The predicted molar refractivity (Wildman–Crippen MR) is 409 cm³/mol. The van der Waals surface area contributed by atoms with Crippen LogP contribution in [0.2, 0.25) is 10.0 Å². The van der Waals surface area contributed by atoms with Gasteiger partial charge in [0.2, 0.25) is 0 Å². The van der Waals surface area contributed by atoms with Crippen molar-refractivity contribution in [3.63, 3.8) is 0 Å². The van der Waals surface area contributed by atoms with Crippen molar-refractivity contribution in [2.24, 2.45) is 0 Å². The van der Waals surface area contributed by atoms with Crippen molar-refractivity contribution in [2.45, 2.75) is 157 Å². The summed E-state index contributed by atoms with van der Waals surface area (Å²) in [5.41, 5.74) is 20.4. The van der Waals surface area contributed by atoms with E-state index in [0.717, 1.165) is 124 Å². The predicted octanol–water partition coefficient (Wildman–Crippen LogP) is 22.5. The van der Waals surface area contributed by atoms with Gasteiger partial charge in [0.1, 0.15) is 11.4 Å². The molecule has 8 bridgehead atoms. The second-order valence-electron chi connectivity index (χ2n) is 32.0. The number of hydrogen-bond donors (Lipinski definition) is 0. The molecule has 12 aromatic rings. The summed E-state index contributed by atoms with van der Waals surface area (Å²) < 4.78 is 0. The minimum Gasteiger partial charge on any atom is -0.628 e. The molecule has 0 saturated heterocycles. The van der Waals surface area contributed by atoms with Crippen LogP contribution in [0.4, 0.5) is 0 Å². The molecule has 0 fully saturated rings. The molecule has 0 unspecified atom stereocenters. The van der Waals surface area contributed by atoms with E-state index >= 15 is 0 Å². The number of halogens is 2. The average molecular weight is 1390 g/mol. The van der Waals surface area contributed by atoms with Gasteiger partial charge in [-0.3, -0.25) is 0 Å². The molecule has 1 aliphatic heterocycles. The first-order chi connectivity index (χ1) is 46.2. The van der Waals surface area contributed by atoms with Crippen molar-refractivity contribution in [1.82, 2.24) is 29.9 Å². The molecular formula is C90H92Cl2N6Ni. The third-order valence-corrected chi connectivity index (χ3v) is 18.6. The molecule has 6 aromatic heterocycles. The van der Waals surface area contributed by atoms with Crippen LogP contribution in [0, 0.1) is 23.7 Å². The van der Waals surface area contributed by atoms with E-state index < -0.39 is 0 Å². The summed E-state index contributed by atoms with van der Waals surface area (Å²) >= 11 is 11.1. The second kappa shape index (κ2) is 28.9. The van der Waals surface area contributed by atoms with Crippen LogP contribution in [0.25, 0.3) is 22.5 Å². The molecule has 13 rings (SSSR count). The van der Waals surface area contributed by atoms with Crippen molar-refractivity contribution in [1.29, 1.82) is 0 Å². The van der Waals surface area contributed by atoms with E-state index in [0.29, 0.717) is 0 Å². The Morgan fingerprint density at radius 3 is 0.768 bits per heavy atom. The maximum Gasteiger partial charge on any atom is 0.109 e. The quantitative estimate of drug-likeness (QED) is 0.122. The molecule has 0 aliphatic carbocycles. The maximum atomic E-state index is 6.00. The van der Waals surface area contributed by atoms with Gasteiger partial charge in [0.15, 0.2) is 0 Å². The molecule has 0 saturated carbocycles. The van der Waals surface area contributed by atoms with Gasteiger partial charge in [0, 0.05) is 148 Å². The molecule has 0 N–H and O–H groups in total. The van der Waals surface area contributed by atoms with Crippen LogP contribution in [-0.2, 0) is 49.0 Å². The number of pyridine rings is 2. The van der Waals surface area contributed by atoms with Gasteiger partial charge < -0.3 is 19.9 Å². The number of benzene rings is 6. The number of rotatable bonds is 6. The zero-order chi connectivity index (χ0) is 70.3. The Morgan fingerprint density at radius 2 is 0.525 bits per heavy atom. The molecule has 1 aliphatic rings. The Labute approximate surface area is 610 Å². The SMILES string of the molecule is CC(C)(C)c1cc([C+]2c3ccc([n-]3)[C+](c3cc(C(C)(C)C)cc(C(C)(C)C)c3)c3cc(-c4ccccn4)c([n-]3)[C+](c3ccccc3)c3[n-]c(cc3-c3ccccn3)[C+](c3cc(C(C)(C)C)cc(C(C)(C)C)c3)c3ccc2[n-]3)cc(C(C)(C)C)c1.Clc1ccccc1.Clc1ccccc1.[Ni]. The van der Waals surface area contributed by atoms with Gasteiger partial charge in [0.05, 0.1) is 33.4 Å². The van der Waals surface area contributed by atoms with Gasteiger partial charge in [-0.1, -0.05) is 196 Å². The van der Waals surface area contributed by atoms with Crippen molar-refractivity contribution in [3.8, 4) is 22.5 Å². The molecule has 9 heteroatoms. The minimum absolute atomic E-state index is 0. The van der Waals surface area contributed by atoms with Crippen molar-refractivity contribution >= 4 is 23.2 Å². The Kier molecular flexibility index (Phi) is 21.3. The first-order valence-electron chi connectivity index (χ1n) is 34.1. The summed E-state index contributed by atoms with van der Waals surface area (Å²) in [6, 6.07) is 76.5. The standard InChI is InChI=1S/C78H82N6.2C6H5Cl.Ni/c1-73(2,3)51-36-48(37-52(42-51)74(4,5)6)67-61-30-32-63(81-61)68(49-38-53(75(7,8)9)43-54(39-49)76(10,11)12)65-45-57(59-28-22-24-34-79-59)71(83-65)70(47-26-20-19-21-27-47)72-58(60-29-23-25-35-80-60)46-66(84-72)69(64-33-31-62(67)82-64)50-40-55(77(13,14)15)44-56(41-50)78(16,17)18;2*7-6-4-2-1-3-5-6;/h19-46H,1-18H3;2*1-5H;. The van der Waals surface area contributed by atoms with E-state index in [1.807, 2.05) is 85.2 Å². The third kappa shape index (κ3) is 16.8. The molecule has 0 radical (unpaired) electrons. The van der Waals surface area contributed by atoms with Crippen molar-refractivity contribution in [2.75, 3.05) is 0 Å². The van der Waals surface area contributed by atoms with Crippen molar-refractivity contribution in [3.05, 3.63) is 366 Å². The van der Waals surface area contributed by atoms with E-state index in [1.165, 1.54) is 33.4 Å². The average Bonchev–Trinajstić information content (AvgIpc) is 1.63. The van der Waals surface area contributed by atoms with Gasteiger partial charge >= 0.3 is 0 Å². The zero-order valence-corrected chi connectivity index (χ0v) is 63.2. The van der Waals surface area contributed by atoms with E-state index in [9.17, 15) is 0 Å². The monoisotopic (exact) mass is 1380 g/mol. The number of aromatic nitrogens is 6. The van der Waals surface area contributed by atoms with Crippen LogP contribution in [0.5, 0.6) is 0 Å². The fourth-order valence-electron chi connectivity index (χ4n) is 12.2. The fraction of sp³-hybridized carbons (Fsp3) is 0.267. The number of fused-ring (bicyclic) bond motifs is 8. The van der Waals surface area contributed by atoms with Gasteiger partial charge in [-0.15, -0.1) is 0 Å². The third-order valence-electron chi connectivity index (χ3n) is 18.1. The molecule has 6 nitrogen and oxygen atoms in total. The number of hydrogen-bond acceptors (Lipinski definition) is 2. The molecule has 7 heterocycles. The van der Waals surface area contributed by atoms with Crippen molar-refractivity contribution < 1.29 is 16.5 Å². The van der Waals surface area contributed by atoms with Gasteiger partial charge in [-0.05, 0) is 196 Å².